The van der Waals surface area contributed by atoms with E-state index in [9.17, 15) is 9.59 Å². The molecule has 1 aliphatic carbocycles. The molecular formula is C11H8O2Se2. The Kier molecular flexibility index (Phi) is 2.15. The van der Waals surface area contributed by atoms with Gasteiger partial charge in [0.1, 0.15) is 0 Å². The zero-order valence-electron chi connectivity index (χ0n) is 7.86. The molecule has 0 aromatic heterocycles. The van der Waals surface area contributed by atoms with Gasteiger partial charge in [0.05, 0.1) is 0 Å². The minimum atomic E-state index is -0.538. The normalized spacial score (nSPS) is 22.4. The molecule has 1 saturated carbocycles. The number of benzene rings is 1. The zero-order chi connectivity index (χ0) is 10.5. The second-order valence-electron chi connectivity index (χ2n) is 3.61. The molecule has 1 fully saturated rings. The van der Waals surface area contributed by atoms with Crippen LogP contribution < -0.4 is 8.92 Å². The summed E-state index contributed by atoms with van der Waals surface area (Å²) in [6.07, 6.45) is 0.965. The third-order valence-corrected chi connectivity index (χ3v) is 10.7. The van der Waals surface area contributed by atoms with Crippen LogP contribution in [0.15, 0.2) is 24.3 Å². The summed E-state index contributed by atoms with van der Waals surface area (Å²) in [6, 6.07) is 8.15. The average molecular weight is 330 g/mol. The van der Waals surface area contributed by atoms with Crippen molar-refractivity contribution >= 4 is 50.4 Å². The van der Waals surface area contributed by atoms with E-state index in [0.29, 0.717) is 12.8 Å². The van der Waals surface area contributed by atoms with Crippen LogP contribution in [0.4, 0.5) is 0 Å². The van der Waals surface area contributed by atoms with Crippen molar-refractivity contribution in [3.63, 3.8) is 0 Å². The van der Waals surface area contributed by atoms with Gasteiger partial charge in [-0.25, -0.2) is 0 Å². The first-order valence-corrected chi connectivity index (χ1v) is 8.19. The van der Waals surface area contributed by atoms with Crippen LogP contribution >= 0.6 is 0 Å². The molecule has 0 N–H and O–H groups in total. The summed E-state index contributed by atoms with van der Waals surface area (Å²) in [4.78, 5) is 23.8. The Morgan fingerprint density at radius 3 is 1.87 bits per heavy atom. The zero-order valence-corrected chi connectivity index (χ0v) is 11.3. The van der Waals surface area contributed by atoms with Crippen LogP contribution in [0.5, 0.6) is 0 Å². The Balaban J connectivity index is 2.07. The van der Waals surface area contributed by atoms with Crippen molar-refractivity contribution in [2.45, 2.75) is 16.1 Å². The molecular weight excluding hydrogens is 322 g/mol. The Morgan fingerprint density at radius 2 is 1.40 bits per heavy atom. The third-order valence-electron chi connectivity index (χ3n) is 2.67. The van der Waals surface area contributed by atoms with Gasteiger partial charge in [-0.1, -0.05) is 0 Å². The van der Waals surface area contributed by atoms with Gasteiger partial charge in [0, 0.05) is 0 Å². The SMILES string of the molecule is O=C1CCC(=O)C12[Se]c1ccccc1[Se]2. The molecule has 0 amide bonds. The van der Waals surface area contributed by atoms with Crippen molar-refractivity contribution in [1.82, 2.24) is 0 Å². The first kappa shape index (κ1) is 9.80. The quantitative estimate of drug-likeness (QED) is 0.471. The van der Waals surface area contributed by atoms with E-state index in [1.54, 1.807) is 0 Å². The fourth-order valence-electron chi connectivity index (χ4n) is 1.89. The van der Waals surface area contributed by atoms with E-state index >= 15 is 0 Å². The number of hydrogen-bond donors (Lipinski definition) is 0. The topological polar surface area (TPSA) is 34.1 Å². The summed E-state index contributed by atoms with van der Waals surface area (Å²) < 4.78 is 2.01. The van der Waals surface area contributed by atoms with Crippen LogP contribution in [0.1, 0.15) is 12.8 Å². The molecule has 2 nitrogen and oxygen atoms in total. The molecule has 15 heavy (non-hydrogen) atoms. The van der Waals surface area contributed by atoms with Crippen LogP contribution in [-0.2, 0) is 9.59 Å². The fourth-order valence-corrected chi connectivity index (χ4v) is 9.73. The van der Waals surface area contributed by atoms with Crippen LogP contribution in [0.2, 0.25) is 3.21 Å². The van der Waals surface area contributed by atoms with E-state index in [1.165, 1.54) is 8.92 Å². The van der Waals surface area contributed by atoms with Gasteiger partial charge in [-0.15, -0.1) is 0 Å². The number of ketones is 2. The molecule has 1 aromatic rings. The van der Waals surface area contributed by atoms with E-state index < -0.39 is 3.21 Å². The van der Waals surface area contributed by atoms with Crippen molar-refractivity contribution in [3.05, 3.63) is 24.3 Å². The van der Waals surface area contributed by atoms with Gasteiger partial charge in [-0.05, 0) is 0 Å². The molecule has 0 saturated heterocycles. The average Bonchev–Trinajstić information content (AvgIpc) is 2.75. The molecule has 0 atom stereocenters. The van der Waals surface area contributed by atoms with Gasteiger partial charge in [0.15, 0.2) is 0 Å². The summed E-state index contributed by atoms with van der Waals surface area (Å²) in [6.45, 7) is 0. The Bertz CT molecular complexity index is 424. The Hall–Kier alpha value is -0.401. The van der Waals surface area contributed by atoms with E-state index in [2.05, 4.69) is 12.1 Å². The number of Topliss-reactive ketones (excluding diaryl/α,β-unsaturated/α-hetero) is 2. The molecule has 3 rings (SSSR count). The molecule has 1 heterocycles. The minimum absolute atomic E-state index is 0.0499. The molecule has 1 aliphatic heterocycles. The van der Waals surface area contributed by atoms with Gasteiger partial charge in [0.2, 0.25) is 0 Å². The molecule has 4 heteroatoms. The van der Waals surface area contributed by atoms with E-state index in [4.69, 9.17) is 0 Å². The van der Waals surface area contributed by atoms with Crippen LogP contribution in [0, 0.1) is 0 Å². The standard InChI is InChI=1S/C11H8O2Se2/c12-9-5-6-10(13)11(9)14-7-3-1-2-4-8(7)15-11/h1-4H,5-6H2. The van der Waals surface area contributed by atoms with Crippen molar-refractivity contribution in [3.8, 4) is 0 Å². The number of rotatable bonds is 0. The number of fused-ring (bicyclic) bond motifs is 1. The molecule has 76 valence electrons. The predicted octanol–water partition coefficient (Wildman–Crippen LogP) is -0.593. The molecule has 0 bridgehead atoms. The maximum atomic E-state index is 11.9. The summed E-state index contributed by atoms with van der Waals surface area (Å²) in [7, 11) is 0. The Labute approximate surface area is 100 Å². The maximum absolute atomic E-state index is 11.9. The summed E-state index contributed by atoms with van der Waals surface area (Å²) in [5.74, 6) is 0.424. The monoisotopic (exact) mass is 332 g/mol. The molecule has 0 radical (unpaired) electrons. The molecule has 0 unspecified atom stereocenters. The van der Waals surface area contributed by atoms with E-state index in [1.807, 2.05) is 12.1 Å². The van der Waals surface area contributed by atoms with Crippen LogP contribution in [0.3, 0.4) is 0 Å². The van der Waals surface area contributed by atoms with Gasteiger partial charge in [-0.2, -0.15) is 0 Å². The first-order chi connectivity index (χ1) is 7.22. The van der Waals surface area contributed by atoms with Gasteiger partial charge in [-0.3, -0.25) is 0 Å². The van der Waals surface area contributed by atoms with Gasteiger partial charge < -0.3 is 0 Å². The third kappa shape index (κ3) is 1.29. The number of hydrogen-bond acceptors (Lipinski definition) is 2. The molecule has 1 aromatic carbocycles. The number of carbonyl (C=O) groups excluding carboxylic acids is 2. The fraction of sp³-hybridized carbons (Fsp3) is 0.273. The van der Waals surface area contributed by atoms with Crippen LogP contribution in [-0.4, -0.2) is 41.5 Å². The first-order valence-electron chi connectivity index (χ1n) is 4.76. The molecule has 2 aliphatic rings. The second kappa shape index (κ2) is 3.29. The summed E-state index contributed by atoms with van der Waals surface area (Å²) in [5, 5.41) is 0. The second-order valence-corrected chi connectivity index (χ2v) is 10.2. The van der Waals surface area contributed by atoms with Crippen molar-refractivity contribution in [2.24, 2.45) is 0 Å². The van der Waals surface area contributed by atoms with Crippen LogP contribution in [0.25, 0.3) is 0 Å². The van der Waals surface area contributed by atoms with Crippen molar-refractivity contribution < 1.29 is 9.59 Å². The predicted molar refractivity (Wildman–Crippen MR) is 59.2 cm³/mol. The Morgan fingerprint density at radius 1 is 0.933 bits per heavy atom. The van der Waals surface area contributed by atoms with E-state index in [0.717, 1.165) is 0 Å². The summed E-state index contributed by atoms with van der Waals surface area (Å²) >= 11 is 0.0997. The van der Waals surface area contributed by atoms with Crippen molar-refractivity contribution in [2.75, 3.05) is 0 Å². The van der Waals surface area contributed by atoms with E-state index in [-0.39, 0.29) is 41.5 Å². The summed E-state index contributed by atoms with van der Waals surface area (Å²) in [5.41, 5.74) is 0. The number of carbonyl (C=O) groups is 2. The molecule has 1 spiro atoms. The van der Waals surface area contributed by atoms with Gasteiger partial charge in [0.25, 0.3) is 0 Å². The van der Waals surface area contributed by atoms with Crippen molar-refractivity contribution in [1.29, 1.82) is 0 Å². The van der Waals surface area contributed by atoms with Gasteiger partial charge >= 0.3 is 100 Å².